The van der Waals surface area contributed by atoms with Crippen LogP contribution in [0.25, 0.3) is 0 Å². The maximum Gasteiger partial charge on any atom is 0.209 e. The predicted molar refractivity (Wildman–Crippen MR) is 83.3 cm³/mol. The molecule has 0 radical (unpaired) electrons. The first kappa shape index (κ1) is 14.7. The Labute approximate surface area is 124 Å². The molecule has 0 saturated heterocycles. The molecule has 3 heteroatoms. The lowest BCUT2D eigenvalue weighted by Crippen LogP contribution is -2.21. The van der Waals surface area contributed by atoms with E-state index in [9.17, 15) is 9.59 Å². The second-order valence-corrected chi connectivity index (χ2v) is 4.85. The Morgan fingerprint density at radius 3 is 1.76 bits per heavy atom. The van der Waals surface area contributed by atoms with Gasteiger partial charge in [0.2, 0.25) is 5.78 Å². The molecule has 0 aliphatic heterocycles. The molecule has 0 heterocycles. The van der Waals surface area contributed by atoms with E-state index in [4.69, 9.17) is 0 Å². The molecule has 0 amide bonds. The van der Waals surface area contributed by atoms with Crippen molar-refractivity contribution in [1.29, 1.82) is 0 Å². The number of hydrogen-bond acceptors (Lipinski definition) is 3. The molecule has 0 aromatic heterocycles. The third-order valence-corrected chi connectivity index (χ3v) is 3.08. The number of likely N-dealkylation sites (N-methyl/N-ethyl adjacent to an activating group) is 1. The summed E-state index contributed by atoms with van der Waals surface area (Å²) in [4.78, 5) is 26.4. The van der Waals surface area contributed by atoms with E-state index in [0.717, 1.165) is 0 Å². The molecule has 0 unspecified atom stereocenters. The predicted octanol–water partition coefficient (Wildman–Crippen LogP) is 3.20. The van der Waals surface area contributed by atoms with E-state index >= 15 is 0 Å². The van der Waals surface area contributed by atoms with Crippen LogP contribution in [-0.4, -0.2) is 30.6 Å². The Morgan fingerprint density at radius 1 is 0.810 bits per heavy atom. The van der Waals surface area contributed by atoms with E-state index in [0.29, 0.717) is 16.8 Å². The van der Waals surface area contributed by atoms with Crippen molar-refractivity contribution >= 4 is 11.6 Å². The molecule has 3 nitrogen and oxygen atoms in total. The Bertz CT molecular complexity index is 658. The summed E-state index contributed by atoms with van der Waals surface area (Å²) in [6.07, 6.45) is 1.39. The first-order chi connectivity index (χ1) is 10.1. The molecule has 0 spiro atoms. The van der Waals surface area contributed by atoms with Crippen molar-refractivity contribution in [1.82, 2.24) is 4.90 Å². The van der Waals surface area contributed by atoms with Crippen LogP contribution in [0.3, 0.4) is 0 Å². The molecular formula is C18H17NO2. The van der Waals surface area contributed by atoms with Crippen molar-refractivity contribution in [3.8, 4) is 0 Å². The highest BCUT2D eigenvalue weighted by Crippen LogP contribution is 2.12. The van der Waals surface area contributed by atoms with Gasteiger partial charge in [-0.15, -0.1) is 0 Å². The lowest BCUT2D eigenvalue weighted by atomic mass is 10.0. The smallest absolute Gasteiger partial charge is 0.209 e. The van der Waals surface area contributed by atoms with E-state index in [1.807, 2.05) is 12.1 Å². The number of nitrogens with zero attached hydrogens (tertiary/aromatic N) is 1. The molecule has 2 aromatic carbocycles. The molecule has 0 bridgehead atoms. The zero-order valence-electron chi connectivity index (χ0n) is 12.1. The molecule has 0 fully saturated rings. The fraction of sp³-hybridized carbons (Fsp3) is 0.111. The van der Waals surface area contributed by atoms with Gasteiger partial charge >= 0.3 is 0 Å². The minimum Gasteiger partial charge on any atom is -0.374 e. The fourth-order valence-corrected chi connectivity index (χ4v) is 1.95. The van der Waals surface area contributed by atoms with Crippen molar-refractivity contribution in [2.24, 2.45) is 0 Å². The lowest BCUT2D eigenvalue weighted by Gasteiger charge is -2.16. The normalized spacial score (nSPS) is 11.0. The highest BCUT2D eigenvalue weighted by atomic mass is 16.1. The number of ketones is 2. The summed E-state index contributed by atoms with van der Waals surface area (Å²) < 4.78 is 0. The van der Waals surface area contributed by atoms with E-state index in [1.165, 1.54) is 6.08 Å². The van der Waals surface area contributed by atoms with Gasteiger partial charge in [-0.2, -0.15) is 0 Å². The number of Topliss-reactive ketones (excluding diaryl/α,β-unsaturated/α-hetero) is 1. The molecule has 0 aliphatic rings. The summed E-state index contributed by atoms with van der Waals surface area (Å²) in [6, 6.07) is 17.9. The Kier molecular flexibility index (Phi) is 4.67. The van der Waals surface area contributed by atoms with Crippen molar-refractivity contribution < 1.29 is 9.59 Å². The highest BCUT2D eigenvalue weighted by molar-refractivity contribution is 6.14. The highest BCUT2D eigenvalue weighted by Gasteiger charge is 2.16. The zero-order valence-corrected chi connectivity index (χ0v) is 12.1. The second-order valence-electron chi connectivity index (χ2n) is 4.85. The first-order valence-corrected chi connectivity index (χ1v) is 6.67. The fourth-order valence-electron chi connectivity index (χ4n) is 1.95. The summed E-state index contributed by atoms with van der Waals surface area (Å²) in [5.74, 6) is -0.339. The molecule has 0 aliphatic carbocycles. The third-order valence-electron chi connectivity index (χ3n) is 3.08. The van der Waals surface area contributed by atoms with Crippen LogP contribution in [0, 0.1) is 0 Å². The zero-order chi connectivity index (χ0) is 15.2. The average molecular weight is 279 g/mol. The molecule has 21 heavy (non-hydrogen) atoms. The van der Waals surface area contributed by atoms with Gasteiger partial charge in [0.15, 0.2) is 5.78 Å². The monoisotopic (exact) mass is 279 g/mol. The number of carbonyl (C=O) groups excluding carboxylic acids is 2. The topological polar surface area (TPSA) is 37.4 Å². The van der Waals surface area contributed by atoms with Gasteiger partial charge in [0.1, 0.15) is 0 Å². The van der Waals surface area contributed by atoms with Crippen LogP contribution >= 0.6 is 0 Å². The number of allylic oxidation sites excluding steroid dienone is 2. The number of benzene rings is 2. The van der Waals surface area contributed by atoms with Crippen LogP contribution in [0.1, 0.15) is 20.7 Å². The minimum absolute atomic E-state index is 0.162. The molecule has 0 N–H and O–H groups in total. The van der Waals surface area contributed by atoms with Crippen LogP contribution < -0.4 is 0 Å². The quantitative estimate of drug-likeness (QED) is 0.623. The van der Waals surface area contributed by atoms with Crippen molar-refractivity contribution in [2.45, 2.75) is 0 Å². The van der Waals surface area contributed by atoms with Crippen LogP contribution in [0.15, 0.2) is 72.4 Å². The maximum absolute atomic E-state index is 12.5. The van der Waals surface area contributed by atoms with Gasteiger partial charge < -0.3 is 4.90 Å². The molecular weight excluding hydrogens is 262 g/mol. The van der Waals surface area contributed by atoms with Crippen LogP contribution in [0.4, 0.5) is 0 Å². The van der Waals surface area contributed by atoms with Gasteiger partial charge in [-0.1, -0.05) is 60.7 Å². The van der Waals surface area contributed by atoms with Crippen molar-refractivity contribution in [2.75, 3.05) is 14.1 Å². The van der Waals surface area contributed by atoms with Crippen LogP contribution in [-0.2, 0) is 0 Å². The standard InChI is InChI=1S/C18H17NO2/c1-19(2)16(18(21)15-11-7-4-8-12-15)13-17(20)14-9-5-3-6-10-14/h3-13H,1-2H3. The molecule has 2 rings (SSSR count). The number of hydrogen-bond donors (Lipinski definition) is 0. The van der Waals surface area contributed by atoms with Gasteiger partial charge in [-0.25, -0.2) is 0 Å². The van der Waals surface area contributed by atoms with Gasteiger partial charge in [-0.05, 0) is 0 Å². The van der Waals surface area contributed by atoms with Gasteiger partial charge in [0.25, 0.3) is 0 Å². The molecule has 2 aromatic rings. The van der Waals surface area contributed by atoms with E-state index in [2.05, 4.69) is 0 Å². The number of rotatable bonds is 5. The second kappa shape index (κ2) is 6.66. The largest absolute Gasteiger partial charge is 0.374 e. The van der Waals surface area contributed by atoms with E-state index in [-0.39, 0.29) is 11.6 Å². The maximum atomic E-state index is 12.5. The molecule has 0 saturated carbocycles. The van der Waals surface area contributed by atoms with Gasteiger partial charge in [0, 0.05) is 31.3 Å². The summed E-state index contributed by atoms with van der Waals surface area (Å²) in [6.45, 7) is 0. The van der Waals surface area contributed by atoms with Gasteiger partial charge in [0.05, 0.1) is 5.70 Å². The first-order valence-electron chi connectivity index (χ1n) is 6.67. The van der Waals surface area contributed by atoms with Crippen LogP contribution in [0.2, 0.25) is 0 Å². The lowest BCUT2D eigenvalue weighted by molar-refractivity contribution is 0.0985. The Balaban J connectivity index is 2.33. The van der Waals surface area contributed by atoms with E-state index in [1.54, 1.807) is 67.5 Å². The molecule has 0 atom stereocenters. The number of carbonyl (C=O) groups is 2. The van der Waals surface area contributed by atoms with E-state index < -0.39 is 0 Å². The summed E-state index contributed by atoms with van der Waals surface area (Å²) in [7, 11) is 3.51. The summed E-state index contributed by atoms with van der Waals surface area (Å²) >= 11 is 0. The SMILES string of the molecule is CN(C)C(=CC(=O)c1ccccc1)C(=O)c1ccccc1. The van der Waals surface area contributed by atoms with Crippen LogP contribution in [0.5, 0.6) is 0 Å². The van der Waals surface area contributed by atoms with Crippen molar-refractivity contribution in [3.63, 3.8) is 0 Å². The van der Waals surface area contributed by atoms with Crippen molar-refractivity contribution in [3.05, 3.63) is 83.6 Å². The Hall–Kier alpha value is -2.68. The average Bonchev–Trinajstić information content (AvgIpc) is 2.53. The molecule has 106 valence electrons. The Morgan fingerprint density at radius 2 is 1.29 bits per heavy atom. The minimum atomic E-state index is -0.177. The van der Waals surface area contributed by atoms with Gasteiger partial charge in [-0.3, -0.25) is 9.59 Å². The summed E-state index contributed by atoms with van der Waals surface area (Å²) in [5, 5.41) is 0. The third kappa shape index (κ3) is 3.66. The summed E-state index contributed by atoms with van der Waals surface area (Å²) in [5.41, 5.74) is 1.51.